The van der Waals surface area contributed by atoms with E-state index >= 15 is 0 Å². The quantitative estimate of drug-likeness (QED) is 0.500. The molecule has 2 aromatic rings. The molecule has 9 nitrogen and oxygen atoms in total. The van der Waals surface area contributed by atoms with Crippen LogP contribution in [-0.2, 0) is 25.3 Å². The van der Waals surface area contributed by atoms with Crippen molar-refractivity contribution in [2.75, 3.05) is 39.7 Å². The first-order valence-corrected chi connectivity index (χ1v) is 13.0. The average Bonchev–Trinajstić information content (AvgIpc) is 2.85. The van der Waals surface area contributed by atoms with Crippen LogP contribution in [0.25, 0.3) is 0 Å². The van der Waals surface area contributed by atoms with Crippen LogP contribution < -0.4 is 14.8 Å². The maximum atomic E-state index is 13.1. The second kappa shape index (κ2) is 11.5. The van der Waals surface area contributed by atoms with E-state index in [4.69, 9.17) is 37.4 Å². The number of carbonyl (C=O) groups excluding carboxylic acids is 2. The predicted molar refractivity (Wildman–Crippen MR) is 133 cm³/mol. The zero-order valence-corrected chi connectivity index (χ0v) is 21.8. The summed E-state index contributed by atoms with van der Waals surface area (Å²) in [5, 5.41) is 3.40. The highest BCUT2D eigenvalue weighted by atomic mass is 35.5. The molecule has 0 aromatic heterocycles. The number of anilines is 1. The highest BCUT2D eigenvalue weighted by Gasteiger charge is 2.33. The molecular formula is C23H26Cl2N2O7S. The van der Waals surface area contributed by atoms with Crippen LogP contribution in [0.1, 0.15) is 28.8 Å². The SMILES string of the molecule is COC(=O)c1cc(OC)c(OC)cc1NC(=O)[C@@H]1CCCN(S(=O)(=O)Cc2ccc(Cl)cc2Cl)C1. The number of methoxy groups -OCH3 is 3. The summed E-state index contributed by atoms with van der Waals surface area (Å²) in [6, 6.07) is 7.51. The molecule has 1 fully saturated rings. The van der Waals surface area contributed by atoms with Gasteiger partial charge in [-0.3, -0.25) is 4.79 Å². The monoisotopic (exact) mass is 544 g/mol. The zero-order valence-electron chi connectivity index (χ0n) is 19.5. The number of nitrogens with zero attached hydrogens (tertiary/aromatic N) is 1. The van der Waals surface area contributed by atoms with Crippen LogP contribution in [0, 0.1) is 5.92 Å². The van der Waals surface area contributed by atoms with E-state index in [1.165, 1.54) is 43.8 Å². The number of esters is 1. The first-order chi connectivity index (χ1) is 16.6. The minimum atomic E-state index is -3.74. The van der Waals surface area contributed by atoms with Gasteiger partial charge in [0.05, 0.1) is 44.3 Å². The molecule has 35 heavy (non-hydrogen) atoms. The fraction of sp³-hybridized carbons (Fsp3) is 0.391. The van der Waals surface area contributed by atoms with Gasteiger partial charge in [0.25, 0.3) is 0 Å². The van der Waals surface area contributed by atoms with Gasteiger partial charge in [0.15, 0.2) is 11.5 Å². The molecule has 1 atom stereocenters. The molecule has 0 radical (unpaired) electrons. The number of halogens is 2. The minimum Gasteiger partial charge on any atom is -0.493 e. The van der Waals surface area contributed by atoms with Crippen molar-refractivity contribution in [2.24, 2.45) is 5.92 Å². The van der Waals surface area contributed by atoms with E-state index in [0.29, 0.717) is 41.5 Å². The molecule has 12 heteroatoms. The highest BCUT2D eigenvalue weighted by Crippen LogP contribution is 2.34. The van der Waals surface area contributed by atoms with E-state index < -0.39 is 27.8 Å². The first kappa shape index (κ1) is 27.1. The van der Waals surface area contributed by atoms with E-state index in [1.54, 1.807) is 12.1 Å². The van der Waals surface area contributed by atoms with Crippen LogP contribution in [0.2, 0.25) is 10.0 Å². The normalized spacial score (nSPS) is 16.4. The Kier molecular flexibility index (Phi) is 8.87. The average molecular weight is 545 g/mol. The first-order valence-electron chi connectivity index (χ1n) is 10.7. The number of sulfonamides is 1. The lowest BCUT2D eigenvalue weighted by Gasteiger charge is -2.31. The van der Waals surface area contributed by atoms with E-state index in [-0.39, 0.29) is 28.6 Å². The van der Waals surface area contributed by atoms with E-state index in [0.717, 1.165) is 0 Å². The van der Waals surface area contributed by atoms with Crippen molar-refractivity contribution < 1.29 is 32.2 Å². The third kappa shape index (κ3) is 6.38. The summed E-state index contributed by atoms with van der Waals surface area (Å²) in [6.45, 7) is 0.293. The van der Waals surface area contributed by atoms with Crippen molar-refractivity contribution >= 4 is 50.8 Å². The number of ether oxygens (including phenoxy) is 3. The number of nitrogens with one attached hydrogen (secondary N) is 1. The Bertz CT molecular complexity index is 1220. The molecular weight excluding hydrogens is 519 g/mol. The maximum absolute atomic E-state index is 13.1. The number of rotatable bonds is 8. The number of carbonyl (C=O) groups is 2. The number of hydrogen-bond acceptors (Lipinski definition) is 7. The Morgan fingerprint density at radius 3 is 2.40 bits per heavy atom. The van der Waals surface area contributed by atoms with Crippen LogP contribution >= 0.6 is 23.2 Å². The van der Waals surface area contributed by atoms with Crippen molar-refractivity contribution in [1.82, 2.24) is 4.31 Å². The number of piperidine rings is 1. The molecule has 0 bridgehead atoms. The Labute approximate surface area is 214 Å². The molecule has 0 unspecified atom stereocenters. The van der Waals surface area contributed by atoms with Crippen molar-refractivity contribution in [3.05, 3.63) is 51.5 Å². The Morgan fingerprint density at radius 1 is 1.09 bits per heavy atom. The number of hydrogen-bond donors (Lipinski definition) is 1. The summed E-state index contributed by atoms with van der Waals surface area (Å²) < 4.78 is 42.7. The minimum absolute atomic E-state index is 0.000221. The molecule has 2 aromatic carbocycles. The Morgan fingerprint density at radius 2 is 1.77 bits per heavy atom. The molecule has 1 saturated heterocycles. The van der Waals surface area contributed by atoms with Gasteiger partial charge in [0, 0.05) is 35.3 Å². The molecule has 1 aliphatic rings. The third-order valence-corrected chi connectivity index (χ3v) is 8.07. The number of benzene rings is 2. The third-order valence-electron chi connectivity index (χ3n) is 5.69. The van der Waals surface area contributed by atoms with Crippen LogP contribution in [0.4, 0.5) is 5.69 Å². The molecule has 0 aliphatic carbocycles. The zero-order chi connectivity index (χ0) is 25.8. The maximum Gasteiger partial charge on any atom is 0.340 e. The summed E-state index contributed by atoms with van der Waals surface area (Å²) in [4.78, 5) is 25.4. The predicted octanol–water partition coefficient (Wildman–Crippen LogP) is 3.98. The lowest BCUT2D eigenvalue weighted by atomic mass is 9.98. The van der Waals surface area contributed by atoms with Gasteiger partial charge in [0.2, 0.25) is 15.9 Å². The second-order valence-corrected chi connectivity index (χ2v) is 10.7. The second-order valence-electron chi connectivity index (χ2n) is 7.92. The fourth-order valence-corrected chi connectivity index (χ4v) is 6.03. The number of amides is 1. The van der Waals surface area contributed by atoms with Gasteiger partial charge >= 0.3 is 5.97 Å². The molecule has 0 saturated carbocycles. The van der Waals surface area contributed by atoms with Gasteiger partial charge in [-0.2, -0.15) is 0 Å². The van der Waals surface area contributed by atoms with Crippen LogP contribution in [0.3, 0.4) is 0 Å². The van der Waals surface area contributed by atoms with Gasteiger partial charge in [-0.15, -0.1) is 0 Å². The molecule has 1 N–H and O–H groups in total. The smallest absolute Gasteiger partial charge is 0.340 e. The van der Waals surface area contributed by atoms with Gasteiger partial charge < -0.3 is 19.5 Å². The summed E-state index contributed by atoms with van der Waals surface area (Å²) in [6.07, 6.45) is 0.988. The van der Waals surface area contributed by atoms with Crippen molar-refractivity contribution in [1.29, 1.82) is 0 Å². The lowest BCUT2D eigenvalue weighted by Crippen LogP contribution is -2.44. The summed E-state index contributed by atoms with van der Waals surface area (Å²) >= 11 is 12.1. The summed E-state index contributed by atoms with van der Waals surface area (Å²) in [5.74, 6) is -1.43. The standard InChI is InChI=1S/C23H26Cl2N2O7S/c1-32-20-10-17(23(29)34-3)19(11-21(20)33-2)26-22(28)14-5-4-8-27(12-14)35(30,31)13-15-6-7-16(24)9-18(15)25/h6-7,9-11,14H,4-5,8,12-13H2,1-3H3,(H,26,28)/t14-/m1/s1. The van der Waals surface area contributed by atoms with Crippen LogP contribution in [0.5, 0.6) is 11.5 Å². The van der Waals surface area contributed by atoms with Crippen molar-refractivity contribution in [2.45, 2.75) is 18.6 Å². The van der Waals surface area contributed by atoms with Gasteiger partial charge in [-0.25, -0.2) is 17.5 Å². The highest BCUT2D eigenvalue weighted by molar-refractivity contribution is 7.88. The van der Waals surface area contributed by atoms with Crippen LogP contribution in [0.15, 0.2) is 30.3 Å². The van der Waals surface area contributed by atoms with Crippen molar-refractivity contribution in [3.8, 4) is 11.5 Å². The molecule has 1 amide bonds. The van der Waals surface area contributed by atoms with Gasteiger partial charge in [0.1, 0.15) is 0 Å². The molecule has 190 valence electrons. The summed E-state index contributed by atoms with van der Waals surface area (Å²) in [5.41, 5.74) is 0.680. The van der Waals surface area contributed by atoms with E-state index in [2.05, 4.69) is 5.32 Å². The van der Waals surface area contributed by atoms with Crippen LogP contribution in [-0.4, -0.2) is 59.0 Å². The molecule has 1 aliphatic heterocycles. The molecule has 1 heterocycles. The fourth-order valence-electron chi connectivity index (χ4n) is 3.83. The molecule has 3 rings (SSSR count). The largest absolute Gasteiger partial charge is 0.493 e. The van der Waals surface area contributed by atoms with E-state index in [1.807, 2.05) is 0 Å². The lowest BCUT2D eigenvalue weighted by molar-refractivity contribution is -0.120. The van der Waals surface area contributed by atoms with Gasteiger partial charge in [-0.1, -0.05) is 29.3 Å². The topological polar surface area (TPSA) is 111 Å². The Hall–Kier alpha value is -2.53. The van der Waals surface area contributed by atoms with E-state index in [9.17, 15) is 18.0 Å². The molecule has 0 spiro atoms. The van der Waals surface area contributed by atoms with Gasteiger partial charge in [-0.05, 0) is 30.5 Å². The van der Waals surface area contributed by atoms with Crippen molar-refractivity contribution in [3.63, 3.8) is 0 Å². The summed E-state index contributed by atoms with van der Waals surface area (Å²) in [7, 11) is 0.333. The Balaban J connectivity index is 1.79.